The van der Waals surface area contributed by atoms with E-state index in [9.17, 15) is 0 Å². The van der Waals surface area contributed by atoms with E-state index in [4.69, 9.17) is 0 Å². The second-order valence-corrected chi connectivity index (χ2v) is 3.69. The first-order valence-corrected chi connectivity index (χ1v) is 5.18. The maximum atomic E-state index is 3.69. The van der Waals surface area contributed by atoms with Crippen LogP contribution >= 0.6 is 11.8 Å². The third-order valence-corrected chi connectivity index (χ3v) is 2.71. The second kappa shape index (κ2) is 5.04. The Kier molecular flexibility index (Phi) is 3.95. The zero-order valence-electron chi connectivity index (χ0n) is 7.42. The summed E-state index contributed by atoms with van der Waals surface area (Å²) in [5.74, 6) is 0.992. The minimum absolute atomic E-state index is 0.992. The molecule has 1 aromatic rings. The van der Waals surface area contributed by atoms with Gasteiger partial charge in [-0.3, -0.25) is 0 Å². The molecule has 0 atom stereocenters. The third kappa shape index (κ3) is 2.74. The Labute approximate surface area is 78.7 Å². The van der Waals surface area contributed by atoms with Crippen molar-refractivity contribution in [1.29, 1.82) is 0 Å². The SMILES string of the molecule is C=CCSc1ccc(CC)cc1. The molecule has 0 nitrogen and oxygen atoms in total. The Balaban J connectivity index is 2.58. The summed E-state index contributed by atoms with van der Waals surface area (Å²) in [6.45, 7) is 5.86. The molecule has 0 saturated heterocycles. The van der Waals surface area contributed by atoms with Crippen LogP contribution in [0.15, 0.2) is 41.8 Å². The molecule has 1 rings (SSSR count). The predicted octanol–water partition coefficient (Wildman–Crippen LogP) is 3.53. The molecule has 0 saturated carbocycles. The molecule has 0 aliphatic carbocycles. The molecule has 0 aliphatic rings. The lowest BCUT2D eigenvalue weighted by molar-refractivity contribution is 1.13. The van der Waals surface area contributed by atoms with E-state index in [2.05, 4.69) is 37.8 Å². The first kappa shape index (κ1) is 9.40. The Morgan fingerprint density at radius 2 is 2.00 bits per heavy atom. The van der Waals surface area contributed by atoms with Gasteiger partial charge in [0.1, 0.15) is 0 Å². The minimum Gasteiger partial charge on any atom is -0.122 e. The normalized spacial score (nSPS) is 9.75. The van der Waals surface area contributed by atoms with Crippen molar-refractivity contribution in [3.05, 3.63) is 42.5 Å². The van der Waals surface area contributed by atoms with Crippen molar-refractivity contribution >= 4 is 11.8 Å². The van der Waals surface area contributed by atoms with E-state index in [1.165, 1.54) is 10.5 Å². The fourth-order valence-electron chi connectivity index (χ4n) is 0.977. The maximum absolute atomic E-state index is 3.69. The van der Waals surface area contributed by atoms with Crippen LogP contribution in [-0.2, 0) is 6.42 Å². The fraction of sp³-hybridized carbons (Fsp3) is 0.273. The van der Waals surface area contributed by atoms with E-state index < -0.39 is 0 Å². The van der Waals surface area contributed by atoms with Crippen molar-refractivity contribution in [3.8, 4) is 0 Å². The highest BCUT2D eigenvalue weighted by atomic mass is 32.2. The molecule has 0 aromatic heterocycles. The van der Waals surface area contributed by atoms with Crippen LogP contribution in [0.1, 0.15) is 12.5 Å². The van der Waals surface area contributed by atoms with E-state index in [0.29, 0.717) is 0 Å². The maximum Gasteiger partial charge on any atom is 0.0158 e. The first-order valence-electron chi connectivity index (χ1n) is 4.19. The summed E-state index contributed by atoms with van der Waals surface area (Å²) in [4.78, 5) is 1.33. The number of aryl methyl sites for hydroxylation is 1. The van der Waals surface area contributed by atoms with E-state index in [0.717, 1.165) is 12.2 Å². The molecule has 0 spiro atoms. The standard InChI is InChI=1S/C11H14S/c1-3-9-12-11-7-5-10(4-2)6-8-11/h3,5-8H,1,4,9H2,2H3. The van der Waals surface area contributed by atoms with Gasteiger partial charge in [0.15, 0.2) is 0 Å². The van der Waals surface area contributed by atoms with Gasteiger partial charge in [-0.25, -0.2) is 0 Å². The van der Waals surface area contributed by atoms with E-state index >= 15 is 0 Å². The molecule has 1 heteroatoms. The summed E-state index contributed by atoms with van der Waals surface area (Å²) in [5.41, 5.74) is 1.40. The molecule has 1 aromatic carbocycles. The van der Waals surface area contributed by atoms with E-state index in [-0.39, 0.29) is 0 Å². The highest BCUT2D eigenvalue weighted by Gasteiger charge is 1.91. The van der Waals surface area contributed by atoms with Crippen LogP contribution in [-0.4, -0.2) is 5.75 Å². The fourth-order valence-corrected chi connectivity index (χ4v) is 1.62. The quantitative estimate of drug-likeness (QED) is 0.502. The molecule has 64 valence electrons. The van der Waals surface area contributed by atoms with Crippen molar-refractivity contribution in [2.75, 3.05) is 5.75 Å². The molecule has 0 bridgehead atoms. The largest absolute Gasteiger partial charge is 0.122 e. The third-order valence-electron chi connectivity index (χ3n) is 1.70. The van der Waals surface area contributed by atoms with Gasteiger partial charge in [0.25, 0.3) is 0 Å². The Hall–Kier alpha value is -0.690. The monoisotopic (exact) mass is 178 g/mol. The van der Waals surface area contributed by atoms with Crippen LogP contribution in [0.2, 0.25) is 0 Å². The van der Waals surface area contributed by atoms with Crippen molar-refractivity contribution < 1.29 is 0 Å². The minimum atomic E-state index is 0.992. The molecule has 0 amide bonds. The Morgan fingerprint density at radius 1 is 1.33 bits per heavy atom. The summed E-state index contributed by atoms with van der Waals surface area (Å²) >= 11 is 1.82. The highest BCUT2D eigenvalue weighted by Crippen LogP contribution is 2.18. The summed E-state index contributed by atoms with van der Waals surface area (Å²) in [6.07, 6.45) is 3.05. The van der Waals surface area contributed by atoms with Gasteiger partial charge in [0.05, 0.1) is 0 Å². The van der Waals surface area contributed by atoms with Gasteiger partial charge in [0.2, 0.25) is 0 Å². The second-order valence-electron chi connectivity index (χ2n) is 2.60. The van der Waals surface area contributed by atoms with Gasteiger partial charge in [-0.05, 0) is 24.1 Å². The number of hydrogen-bond acceptors (Lipinski definition) is 1. The van der Waals surface area contributed by atoms with Crippen molar-refractivity contribution in [3.63, 3.8) is 0 Å². The number of thioether (sulfide) groups is 1. The van der Waals surface area contributed by atoms with Gasteiger partial charge in [0, 0.05) is 10.6 Å². The summed E-state index contributed by atoms with van der Waals surface area (Å²) < 4.78 is 0. The van der Waals surface area contributed by atoms with E-state index in [1.807, 2.05) is 17.8 Å². The van der Waals surface area contributed by atoms with Crippen LogP contribution in [0, 0.1) is 0 Å². The first-order chi connectivity index (χ1) is 5.86. The van der Waals surface area contributed by atoms with Crippen LogP contribution in [0.4, 0.5) is 0 Å². The average Bonchev–Trinajstić information content (AvgIpc) is 2.15. The van der Waals surface area contributed by atoms with Crippen LogP contribution < -0.4 is 0 Å². The summed E-state index contributed by atoms with van der Waals surface area (Å²) in [5, 5.41) is 0. The van der Waals surface area contributed by atoms with Gasteiger partial charge in [-0.1, -0.05) is 25.1 Å². The lowest BCUT2D eigenvalue weighted by Crippen LogP contribution is -1.79. The smallest absolute Gasteiger partial charge is 0.0158 e. The van der Waals surface area contributed by atoms with Gasteiger partial charge >= 0.3 is 0 Å². The van der Waals surface area contributed by atoms with Crippen molar-refractivity contribution in [2.24, 2.45) is 0 Å². The topological polar surface area (TPSA) is 0 Å². The predicted molar refractivity (Wildman–Crippen MR) is 56.7 cm³/mol. The average molecular weight is 178 g/mol. The molecule has 0 unspecified atom stereocenters. The van der Waals surface area contributed by atoms with Gasteiger partial charge in [-0.15, -0.1) is 18.3 Å². The van der Waals surface area contributed by atoms with Crippen LogP contribution in [0.25, 0.3) is 0 Å². The highest BCUT2D eigenvalue weighted by molar-refractivity contribution is 7.99. The Morgan fingerprint density at radius 3 is 2.50 bits per heavy atom. The molecule has 0 fully saturated rings. The summed E-state index contributed by atoms with van der Waals surface area (Å²) in [7, 11) is 0. The van der Waals surface area contributed by atoms with Crippen molar-refractivity contribution in [2.45, 2.75) is 18.2 Å². The zero-order chi connectivity index (χ0) is 8.81. The van der Waals surface area contributed by atoms with Crippen molar-refractivity contribution in [1.82, 2.24) is 0 Å². The van der Waals surface area contributed by atoms with Crippen LogP contribution in [0.3, 0.4) is 0 Å². The van der Waals surface area contributed by atoms with E-state index in [1.54, 1.807) is 0 Å². The molecule has 0 aliphatic heterocycles. The Bertz CT molecular complexity index is 236. The molecular weight excluding hydrogens is 164 g/mol. The molecule has 12 heavy (non-hydrogen) atoms. The van der Waals surface area contributed by atoms with Gasteiger partial charge < -0.3 is 0 Å². The number of benzene rings is 1. The molecule has 0 heterocycles. The lowest BCUT2D eigenvalue weighted by atomic mass is 10.2. The molecule has 0 N–H and O–H groups in total. The zero-order valence-corrected chi connectivity index (χ0v) is 8.23. The molecule has 0 radical (unpaired) electrons. The van der Waals surface area contributed by atoms with Crippen LogP contribution in [0.5, 0.6) is 0 Å². The number of hydrogen-bond donors (Lipinski definition) is 0. The number of rotatable bonds is 4. The summed E-state index contributed by atoms with van der Waals surface area (Å²) in [6, 6.07) is 8.72. The van der Waals surface area contributed by atoms with Gasteiger partial charge in [-0.2, -0.15) is 0 Å². The lowest BCUT2D eigenvalue weighted by Gasteiger charge is -1.99. The molecular formula is C11H14S.